The van der Waals surface area contributed by atoms with E-state index in [1.54, 1.807) is 34.7 Å². The van der Waals surface area contributed by atoms with Crippen LogP contribution in [0.5, 0.6) is 0 Å². The van der Waals surface area contributed by atoms with Crippen LogP contribution in [0, 0.1) is 0 Å². The summed E-state index contributed by atoms with van der Waals surface area (Å²) in [5.74, 6) is -0.913. The highest BCUT2D eigenvalue weighted by Crippen LogP contribution is 1.89. The predicted molar refractivity (Wildman–Crippen MR) is 72.4 cm³/mol. The third-order valence-corrected chi connectivity index (χ3v) is 2.68. The summed E-state index contributed by atoms with van der Waals surface area (Å²) in [4.78, 5) is 34.8. The molecule has 3 amide bonds. The molecule has 0 aliphatic carbocycles. The summed E-state index contributed by atoms with van der Waals surface area (Å²) in [6.07, 6.45) is 0. The Morgan fingerprint density at radius 1 is 0.842 bits per heavy atom. The highest BCUT2D eigenvalue weighted by atomic mass is 16.2. The maximum atomic E-state index is 11.8. The van der Waals surface area contributed by atoms with Gasteiger partial charge >= 0.3 is 0 Å². The van der Waals surface area contributed by atoms with Gasteiger partial charge in [0.1, 0.15) is 12.1 Å². The molecule has 0 radical (unpaired) electrons. The third-order valence-electron chi connectivity index (χ3n) is 2.68. The quantitative estimate of drug-likeness (QED) is 0.465. The van der Waals surface area contributed by atoms with Crippen LogP contribution in [-0.4, -0.2) is 49.4 Å². The fraction of sp³-hybridized carbons (Fsp3) is 0.750. The number of carbonyl (C=O) groups excluding carboxylic acids is 3. The van der Waals surface area contributed by atoms with Gasteiger partial charge in [0.25, 0.3) is 0 Å². The van der Waals surface area contributed by atoms with Crippen LogP contribution in [0.2, 0.25) is 0 Å². The molecule has 0 aliphatic rings. The second-order valence-corrected chi connectivity index (χ2v) is 4.37. The lowest BCUT2D eigenvalue weighted by molar-refractivity contribution is -0.131. The normalized spacial score (nSPS) is 15.0. The van der Waals surface area contributed by atoms with Crippen molar-refractivity contribution >= 4 is 17.7 Å². The number of hydrogen-bond donors (Lipinski definition) is 4. The van der Waals surface area contributed by atoms with E-state index >= 15 is 0 Å². The first-order chi connectivity index (χ1) is 8.83. The molecule has 110 valence electrons. The Labute approximate surface area is 113 Å². The summed E-state index contributed by atoms with van der Waals surface area (Å²) in [6.45, 7) is 7.16. The number of nitrogens with one attached hydrogen (secondary N) is 4. The van der Waals surface area contributed by atoms with Crippen molar-refractivity contribution in [2.75, 3.05) is 13.6 Å². The van der Waals surface area contributed by atoms with Gasteiger partial charge in [0.2, 0.25) is 17.7 Å². The fourth-order valence-electron chi connectivity index (χ4n) is 1.27. The summed E-state index contributed by atoms with van der Waals surface area (Å²) < 4.78 is 0. The molecule has 0 heterocycles. The van der Waals surface area contributed by atoms with E-state index in [1.807, 2.05) is 0 Å². The van der Waals surface area contributed by atoms with E-state index in [1.165, 1.54) is 0 Å². The number of carbonyl (C=O) groups is 3. The van der Waals surface area contributed by atoms with Crippen LogP contribution >= 0.6 is 0 Å². The van der Waals surface area contributed by atoms with Crippen molar-refractivity contribution in [3.05, 3.63) is 0 Å². The molecule has 0 saturated heterocycles. The van der Waals surface area contributed by atoms with Crippen molar-refractivity contribution in [3.8, 4) is 0 Å². The Bertz CT molecular complexity index is 333. The van der Waals surface area contributed by atoms with E-state index in [-0.39, 0.29) is 17.9 Å². The third kappa shape index (κ3) is 6.19. The molecule has 0 saturated carbocycles. The first kappa shape index (κ1) is 17.4. The monoisotopic (exact) mass is 272 g/mol. The molecule has 0 rings (SSSR count). The van der Waals surface area contributed by atoms with Gasteiger partial charge < -0.3 is 21.3 Å². The number of likely N-dealkylation sites (N-methyl/N-ethyl adjacent to an activating group) is 2. The van der Waals surface area contributed by atoms with Gasteiger partial charge in [-0.3, -0.25) is 14.4 Å². The smallest absolute Gasteiger partial charge is 0.242 e. The average molecular weight is 272 g/mol. The van der Waals surface area contributed by atoms with Crippen LogP contribution in [0.4, 0.5) is 0 Å². The zero-order valence-corrected chi connectivity index (χ0v) is 12.2. The average Bonchev–Trinajstić information content (AvgIpc) is 2.37. The lowest BCUT2D eigenvalue weighted by Crippen LogP contribution is -2.53. The van der Waals surface area contributed by atoms with E-state index in [2.05, 4.69) is 21.3 Å². The number of rotatable bonds is 7. The van der Waals surface area contributed by atoms with E-state index in [0.717, 1.165) is 0 Å². The molecule has 4 N–H and O–H groups in total. The zero-order valence-electron chi connectivity index (χ0n) is 12.2. The highest BCUT2D eigenvalue weighted by Gasteiger charge is 2.21. The standard InChI is InChI=1S/C12H24N4O3/c1-6-14-10(17)8(3)15-12(19)9(4)16-11(18)7(2)13-5/h7-9,13H,6H2,1-5H3,(H,14,17)(H,15,19)(H,16,18)/t7-,8-,9-/m0/s1. The predicted octanol–water partition coefficient (Wildman–Crippen LogP) is -1.26. The van der Waals surface area contributed by atoms with Gasteiger partial charge in [0.05, 0.1) is 6.04 Å². The van der Waals surface area contributed by atoms with E-state index in [4.69, 9.17) is 0 Å². The number of amides is 3. The van der Waals surface area contributed by atoms with Gasteiger partial charge in [0.15, 0.2) is 0 Å². The molecule has 19 heavy (non-hydrogen) atoms. The first-order valence-corrected chi connectivity index (χ1v) is 6.39. The maximum Gasteiger partial charge on any atom is 0.242 e. The van der Waals surface area contributed by atoms with Crippen molar-refractivity contribution in [3.63, 3.8) is 0 Å². The second kappa shape index (κ2) is 8.47. The molecule has 0 aromatic rings. The molecule has 7 nitrogen and oxygen atoms in total. The van der Waals surface area contributed by atoms with Crippen LogP contribution in [0.15, 0.2) is 0 Å². The van der Waals surface area contributed by atoms with Gasteiger partial charge in [-0.2, -0.15) is 0 Å². The SMILES string of the molecule is CCNC(=O)[C@H](C)NC(=O)[C@H](C)NC(=O)[C@H](C)NC. The topological polar surface area (TPSA) is 99.3 Å². The van der Waals surface area contributed by atoms with Gasteiger partial charge in [0, 0.05) is 6.54 Å². The van der Waals surface area contributed by atoms with Gasteiger partial charge in [-0.1, -0.05) is 0 Å². The lowest BCUT2D eigenvalue weighted by Gasteiger charge is -2.19. The summed E-state index contributed by atoms with van der Waals surface area (Å²) in [6, 6.07) is -1.70. The molecule has 0 spiro atoms. The Kier molecular flexibility index (Phi) is 7.74. The molecule has 0 bridgehead atoms. The molecule has 0 aromatic carbocycles. The minimum absolute atomic E-state index is 0.252. The Morgan fingerprint density at radius 2 is 1.26 bits per heavy atom. The largest absolute Gasteiger partial charge is 0.355 e. The molecular formula is C12H24N4O3. The first-order valence-electron chi connectivity index (χ1n) is 6.39. The molecule has 7 heteroatoms. The molecule has 0 fully saturated rings. The minimum atomic E-state index is -0.694. The van der Waals surface area contributed by atoms with Crippen molar-refractivity contribution in [2.45, 2.75) is 45.8 Å². The summed E-state index contributed by atoms with van der Waals surface area (Å²) in [5, 5.41) is 10.5. The molecule has 3 atom stereocenters. The minimum Gasteiger partial charge on any atom is -0.355 e. The number of hydrogen-bond acceptors (Lipinski definition) is 4. The summed E-state index contributed by atoms with van der Waals surface area (Å²) >= 11 is 0. The molecule has 0 aromatic heterocycles. The van der Waals surface area contributed by atoms with Gasteiger partial charge in [-0.25, -0.2) is 0 Å². The fourth-order valence-corrected chi connectivity index (χ4v) is 1.27. The lowest BCUT2D eigenvalue weighted by atomic mass is 10.2. The van der Waals surface area contributed by atoms with Crippen molar-refractivity contribution in [1.82, 2.24) is 21.3 Å². The Morgan fingerprint density at radius 3 is 1.68 bits per heavy atom. The van der Waals surface area contributed by atoms with Gasteiger partial charge in [-0.05, 0) is 34.7 Å². The summed E-state index contributed by atoms with van der Waals surface area (Å²) in [5.41, 5.74) is 0. The molecular weight excluding hydrogens is 248 g/mol. The Hall–Kier alpha value is -1.63. The van der Waals surface area contributed by atoms with Gasteiger partial charge in [-0.15, -0.1) is 0 Å². The molecule has 0 aliphatic heterocycles. The highest BCUT2D eigenvalue weighted by molar-refractivity contribution is 5.92. The van der Waals surface area contributed by atoms with E-state index in [0.29, 0.717) is 6.54 Å². The van der Waals surface area contributed by atoms with Crippen LogP contribution in [0.25, 0.3) is 0 Å². The van der Waals surface area contributed by atoms with Crippen molar-refractivity contribution in [2.24, 2.45) is 0 Å². The van der Waals surface area contributed by atoms with Crippen molar-refractivity contribution < 1.29 is 14.4 Å². The second-order valence-electron chi connectivity index (χ2n) is 4.37. The maximum absolute atomic E-state index is 11.8. The zero-order chi connectivity index (χ0) is 15.0. The van der Waals surface area contributed by atoms with Crippen LogP contribution in [-0.2, 0) is 14.4 Å². The van der Waals surface area contributed by atoms with E-state index in [9.17, 15) is 14.4 Å². The Balaban J connectivity index is 4.27. The van der Waals surface area contributed by atoms with Crippen LogP contribution in [0.3, 0.4) is 0 Å². The van der Waals surface area contributed by atoms with Crippen LogP contribution < -0.4 is 21.3 Å². The summed E-state index contributed by atoms with van der Waals surface area (Å²) in [7, 11) is 1.66. The molecule has 0 unspecified atom stereocenters. The van der Waals surface area contributed by atoms with E-state index < -0.39 is 18.0 Å². The van der Waals surface area contributed by atoms with Crippen LogP contribution in [0.1, 0.15) is 27.7 Å². The van der Waals surface area contributed by atoms with Crippen molar-refractivity contribution in [1.29, 1.82) is 0 Å².